The third kappa shape index (κ3) is 2.81. The Morgan fingerprint density at radius 1 is 0.826 bits per heavy atom. The number of rotatable bonds is 4. The van der Waals surface area contributed by atoms with Crippen molar-refractivity contribution in [2.45, 2.75) is 0 Å². The van der Waals surface area contributed by atoms with Gasteiger partial charge in [0, 0.05) is 21.5 Å². The van der Waals surface area contributed by atoms with Gasteiger partial charge in [0.1, 0.15) is 37.8 Å². The van der Waals surface area contributed by atoms with E-state index in [1.54, 1.807) is 33.6 Å². The molecule has 0 aliphatic rings. The van der Waals surface area contributed by atoms with Crippen LogP contribution in [0.25, 0.3) is 32.1 Å². The third-order valence-electron chi connectivity index (χ3n) is 2.85. The highest BCUT2D eigenvalue weighted by atomic mass is 32.1. The van der Waals surface area contributed by atoms with E-state index in [0.29, 0.717) is 5.01 Å². The van der Waals surface area contributed by atoms with Gasteiger partial charge in [0.15, 0.2) is 0 Å². The van der Waals surface area contributed by atoms with Crippen LogP contribution < -0.4 is 5.73 Å². The summed E-state index contributed by atoms with van der Waals surface area (Å²) in [6, 6.07) is 0. The van der Waals surface area contributed by atoms with E-state index in [9.17, 15) is 4.79 Å². The summed E-state index contributed by atoms with van der Waals surface area (Å²) >= 11 is 5.92. The molecule has 0 spiro atoms. The minimum atomic E-state index is -0.532. The SMILES string of the molecule is NC(=O)c1csc(-c2csc(-c3csc(-c4cscn4)n3)n2)n1. The number of nitrogens with two attached hydrogens (primary N) is 1. The van der Waals surface area contributed by atoms with Crippen LogP contribution in [0, 0.1) is 0 Å². The van der Waals surface area contributed by atoms with E-state index in [1.165, 1.54) is 22.7 Å². The Labute approximate surface area is 146 Å². The lowest BCUT2D eigenvalue weighted by Gasteiger charge is -1.89. The predicted octanol–water partition coefficient (Wildman–Crippen LogP) is 3.61. The fourth-order valence-electron chi connectivity index (χ4n) is 1.80. The number of nitrogens with zero attached hydrogens (tertiary/aromatic N) is 4. The maximum Gasteiger partial charge on any atom is 0.268 e. The second kappa shape index (κ2) is 5.89. The molecule has 4 heterocycles. The number of hydrogen-bond donors (Lipinski definition) is 1. The van der Waals surface area contributed by atoms with Gasteiger partial charge in [-0.25, -0.2) is 19.9 Å². The van der Waals surface area contributed by atoms with Crippen molar-refractivity contribution in [3.8, 4) is 32.1 Å². The molecule has 6 nitrogen and oxygen atoms in total. The van der Waals surface area contributed by atoms with Crippen LogP contribution in [0.5, 0.6) is 0 Å². The van der Waals surface area contributed by atoms with Gasteiger partial charge in [0.2, 0.25) is 0 Å². The fourth-order valence-corrected chi connectivity index (χ4v) is 4.87. The molecule has 0 atom stereocenters. The molecule has 0 unspecified atom stereocenters. The lowest BCUT2D eigenvalue weighted by Crippen LogP contribution is -2.10. The van der Waals surface area contributed by atoms with E-state index < -0.39 is 5.91 Å². The van der Waals surface area contributed by atoms with Gasteiger partial charge in [0.05, 0.1) is 5.51 Å². The molecular formula is C13H7N5OS4. The minimum Gasteiger partial charge on any atom is -0.364 e. The monoisotopic (exact) mass is 377 g/mol. The molecular weight excluding hydrogens is 370 g/mol. The van der Waals surface area contributed by atoms with Crippen LogP contribution in [0.15, 0.2) is 27.0 Å². The van der Waals surface area contributed by atoms with Crippen LogP contribution in [-0.2, 0) is 0 Å². The number of carbonyl (C=O) groups excluding carboxylic acids is 1. The van der Waals surface area contributed by atoms with E-state index in [0.717, 1.165) is 27.1 Å². The number of carbonyl (C=O) groups is 1. The van der Waals surface area contributed by atoms with Crippen molar-refractivity contribution in [2.24, 2.45) is 5.73 Å². The number of thiazole rings is 4. The van der Waals surface area contributed by atoms with Crippen molar-refractivity contribution in [1.82, 2.24) is 19.9 Å². The van der Waals surface area contributed by atoms with Crippen LogP contribution in [0.3, 0.4) is 0 Å². The summed E-state index contributed by atoms with van der Waals surface area (Å²) in [6.45, 7) is 0. The van der Waals surface area contributed by atoms with E-state index >= 15 is 0 Å². The molecule has 0 aromatic carbocycles. The Morgan fingerprint density at radius 2 is 1.43 bits per heavy atom. The molecule has 0 radical (unpaired) electrons. The molecule has 0 saturated carbocycles. The molecule has 23 heavy (non-hydrogen) atoms. The van der Waals surface area contributed by atoms with Gasteiger partial charge in [0.25, 0.3) is 5.91 Å². The van der Waals surface area contributed by atoms with E-state index in [2.05, 4.69) is 19.9 Å². The van der Waals surface area contributed by atoms with Gasteiger partial charge in [-0.3, -0.25) is 4.79 Å². The molecule has 0 aliphatic heterocycles. The number of amides is 1. The third-order valence-corrected chi connectivity index (χ3v) is 6.04. The zero-order valence-corrected chi connectivity index (χ0v) is 14.6. The van der Waals surface area contributed by atoms with Crippen molar-refractivity contribution >= 4 is 51.3 Å². The van der Waals surface area contributed by atoms with E-state index in [4.69, 9.17) is 5.73 Å². The number of hydrogen-bond acceptors (Lipinski definition) is 9. The average molecular weight is 378 g/mol. The molecule has 0 saturated heterocycles. The van der Waals surface area contributed by atoms with E-state index in [1.807, 2.05) is 16.1 Å². The van der Waals surface area contributed by atoms with Crippen LogP contribution in [0.4, 0.5) is 0 Å². The second-order valence-corrected chi connectivity index (χ2v) is 7.64. The average Bonchev–Trinajstić information content (AvgIpc) is 3.32. The zero-order chi connectivity index (χ0) is 15.8. The molecule has 4 rings (SSSR count). The van der Waals surface area contributed by atoms with Gasteiger partial charge in [-0.2, -0.15) is 0 Å². The minimum absolute atomic E-state index is 0.263. The van der Waals surface area contributed by atoms with Crippen LogP contribution >= 0.6 is 45.3 Å². The van der Waals surface area contributed by atoms with Crippen molar-refractivity contribution < 1.29 is 4.79 Å². The first-order valence-corrected chi connectivity index (χ1v) is 9.84. The van der Waals surface area contributed by atoms with Gasteiger partial charge in [-0.15, -0.1) is 45.3 Å². The molecule has 0 aliphatic carbocycles. The molecule has 4 aromatic heterocycles. The maximum atomic E-state index is 11.1. The normalized spacial score (nSPS) is 11.0. The van der Waals surface area contributed by atoms with Crippen molar-refractivity contribution in [3.63, 3.8) is 0 Å². The first kappa shape index (κ1) is 14.6. The standard InChI is InChI=1S/C13H7N5OS4/c14-10(19)6-2-21-12(16-6)8-4-23-13(18-8)9-3-22-11(17-9)7-1-20-5-15-7/h1-5H,(H2,14,19). The maximum absolute atomic E-state index is 11.1. The first-order valence-electron chi connectivity index (χ1n) is 6.26. The highest BCUT2D eigenvalue weighted by Crippen LogP contribution is 2.33. The fraction of sp³-hybridized carbons (Fsp3) is 0. The largest absolute Gasteiger partial charge is 0.364 e. The first-order chi connectivity index (χ1) is 11.2. The predicted molar refractivity (Wildman–Crippen MR) is 94.0 cm³/mol. The summed E-state index contributed by atoms with van der Waals surface area (Å²) in [6.07, 6.45) is 0. The zero-order valence-electron chi connectivity index (χ0n) is 11.3. The quantitative estimate of drug-likeness (QED) is 0.586. The van der Waals surface area contributed by atoms with Crippen molar-refractivity contribution in [2.75, 3.05) is 0 Å². The molecule has 4 aromatic rings. The van der Waals surface area contributed by atoms with E-state index in [-0.39, 0.29) is 5.69 Å². The summed E-state index contributed by atoms with van der Waals surface area (Å²) < 4.78 is 0. The molecule has 114 valence electrons. The molecule has 1 amide bonds. The van der Waals surface area contributed by atoms with Crippen LogP contribution in [0.1, 0.15) is 10.5 Å². The summed E-state index contributed by atoms with van der Waals surface area (Å²) in [7, 11) is 0. The topological polar surface area (TPSA) is 94.7 Å². The number of aromatic nitrogens is 4. The smallest absolute Gasteiger partial charge is 0.268 e. The molecule has 0 bridgehead atoms. The highest BCUT2D eigenvalue weighted by molar-refractivity contribution is 7.16. The summed E-state index contributed by atoms with van der Waals surface area (Å²) in [5.74, 6) is -0.532. The molecule has 10 heteroatoms. The number of primary amides is 1. The van der Waals surface area contributed by atoms with Gasteiger partial charge >= 0.3 is 0 Å². The summed E-state index contributed by atoms with van der Waals surface area (Å²) in [4.78, 5) is 28.7. The van der Waals surface area contributed by atoms with Crippen LogP contribution in [-0.4, -0.2) is 25.8 Å². The Bertz CT molecular complexity index is 968. The van der Waals surface area contributed by atoms with Crippen LogP contribution in [0.2, 0.25) is 0 Å². The molecule has 0 fully saturated rings. The van der Waals surface area contributed by atoms with Gasteiger partial charge < -0.3 is 5.73 Å². The van der Waals surface area contributed by atoms with Gasteiger partial charge in [-0.1, -0.05) is 0 Å². The Balaban J connectivity index is 1.64. The second-order valence-electron chi connectivity index (χ2n) is 4.35. The van der Waals surface area contributed by atoms with Crippen molar-refractivity contribution in [3.05, 3.63) is 32.7 Å². The lowest BCUT2D eigenvalue weighted by atomic mass is 10.4. The Morgan fingerprint density at radius 3 is 2.00 bits per heavy atom. The summed E-state index contributed by atoms with van der Waals surface area (Å²) in [5, 5.41) is 9.85. The lowest BCUT2D eigenvalue weighted by molar-refractivity contribution is 0.0996. The Hall–Kier alpha value is -2.01. The highest BCUT2D eigenvalue weighted by Gasteiger charge is 2.15. The van der Waals surface area contributed by atoms with Crippen molar-refractivity contribution in [1.29, 1.82) is 0 Å². The summed E-state index contributed by atoms with van der Waals surface area (Å²) in [5.41, 5.74) is 9.71. The Kier molecular flexibility index (Phi) is 3.73. The van der Waals surface area contributed by atoms with Gasteiger partial charge in [-0.05, 0) is 0 Å². The molecule has 2 N–H and O–H groups in total.